The van der Waals surface area contributed by atoms with Gasteiger partial charge < -0.3 is 10.4 Å². The molecular weight excluding hydrogens is 251 g/mol. The van der Waals surface area contributed by atoms with E-state index in [1.54, 1.807) is 0 Å². The molecule has 0 fully saturated rings. The Morgan fingerprint density at radius 1 is 1.22 bits per heavy atom. The normalized spacial score (nSPS) is 12.0. The largest absolute Gasteiger partial charge is 0.480 e. The van der Waals surface area contributed by atoms with Crippen molar-refractivity contribution in [3.8, 4) is 0 Å². The smallest absolute Gasteiger partial charge is 0.325 e. The molecule has 98 valence electrons. The highest BCUT2D eigenvalue weighted by atomic mass is 19.2. The first kappa shape index (κ1) is 14.0. The Kier molecular flexibility index (Phi) is 4.30. The molecule has 2 N–H and O–H groups in total. The molecule has 0 radical (unpaired) electrons. The van der Waals surface area contributed by atoms with Crippen LogP contribution in [0.25, 0.3) is 0 Å². The fraction of sp³-hybridized carbons (Fsp3) is 0.273. The van der Waals surface area contributed by atoms with Crippen molar-refractivity contribution in [2.24, 2.45) is 0 Å². The molecule has 0 saturated carbocycles. The van der Waals surface area contributed by atoms with Gasteiger partial charge in [0, 0.05) is 11.6 Å². The number of carboxylic acids is 1. The van der Waals surface area contributed by atoms with Crippen LogP contribution in [0.1, 0.15) is 12.5 Å². The number of amides is 1. The van der Waals surface area contributed by atoms with Crippen molar-refractivity contribution in [2.45, 2.75) is 19.4 Å². The van der Waals surface area contributed by atoms with E-state index in [0.29, 0.717) is 12.1 Å². The maximum atomic E-state index is 13.2. The predicted molar refractivity (Wildman–Crippen MR) is 55.3 cm³/mol. The van der Waals surface area contributed by atoms with Crippen LogP contribution in [0.5, 0.6) is 0 Å². The van der Waals surface area contributed by atoms with Crippen molar-refractivity contribution in [3.05, 3.63) is 35.1 Å². The van der Waals surface area contributed by atoms with Gasteiger partial charge in [0.05, 0.1) is 6.42 Å². The minimum Gasteiger partial charge on any atom is -0.480 e. The number of hydrogen-bond donors (Lipinski definition) is 2. The number of carboxylic acid groups (broad SMARTS) is 1. The fourth-order valence-corrected chi connectivity index (χ4v) is 1.23. The Morgan fingerprint density at radius 2 is 1.78 bits per heavy atom. The molecule has 1 rings (SSSR count). The topological polar surface area (TPSA) is 66.4 Å². The van der Waals surface area contributed by atoms with Gasteiger partial charge in [-0.25, -0.2) is 13.2 Å². The van der Waals surface area contributed by atoms with Crippen LogP contribution in [0.3, 0.4) is 0 Å². The predicted octanol–water partition coefficient (Wildman–Crippen LogP) is 1.24. The van der Waals surface area contributed by atoms with E-state index in [1.165, 1.54) is 6.92 Å². The van der Waals surface area contributed by atoms with Gasteiger partial charge in [-0.3, -0.25) is 9.59 Å². The highest BCUT2D eigenvalue weighted by Crippen LogP contribution is 2.14. The summed E-state index contributed by atoms with van der Waals surface area (Å²) in [5.41, 5.74) is -0.344. The van der Waals surface area contributed by atoms with Crippen LogP contribution in [0.4, 0.5) is 13.2 Å². The van der Waals surface area contributed by atoms with E-state index in [1.807, 2.05) is 0 Å². The van der Waals surface area contributed by atoms with Gasteiger partial charge in [0.1, 0.15) is 11.9 Å². The van der Waals surface area contributed by atoms with Crippen LogP contribution >= 0.6 is 0 Å². The lowest BCUT2D eigenvalue weighted by Crippen LogP contribution is -2.39. The molecule has 0 aliphatic heterocycles. The molecule has 0 heterocycles. The summed E-state index contributed by atoms with van der Waals surface area (Å²) in [6, 6.07) is -0.250. The molecule has 0 aliphatic rings. The number of carbonyl (C=O) groups is 2. The second kappa shape index (κ2) is 5.52. The van der Waals surface area contributed by atoms with Crippen molar-refractivity contribution >= 4 is 11.9 Å². The minimum absolute atomic E-state index is 0.332. The summed E-state index contributed by atoms with van der Waals surface area (Å²) in [5.74, 6) is -5.74. The van der Waals surface area contributed by atoms with Crippen LogP contribution in [0.15, 0.2) is 12.1 Å². The Bertz CT molecular complexity index is 491. The van der Waals surface area contributed by atoms with Crippen molar-refractivity contribution in [2.75, 3.05) is 0 Å². The average Bonchev–Trinajstić information content (AvgIpc) is 2.25. The molecule has 1 aromatic carbocycles. The summed E-state index contributed by atoms with van der Waals surface area (Å²) < 4.78 is 38.6. The molecule has 1 amide bonds. The van der Waals surface area contributed by atoms with E-state index in [0.717, 1.165) is 0 Å². The molecular formula is C11H10F3NO3. The molecule has 0 aromatic heterocycles. The first-order valence-corrected chi connectivity index (χ1v) is 4.97. The number of halogens is 3. The summed E-state index contributed by atoms with van der Waals surface area (Å²) >= 11 is 0. The zero-order valence-corrected chi connectivity index (χ0v) is 9.34. The van der Waals surface area contributed by atoms with Crippen LogP contribution in [-0.2, 0) is 16.0 Å². The highest BCUT2D eigenvalue weighted by Gasteiger charge is 2.17. The van der Waals surface area contributed by atoms with Gasteiger partial charge in [0.2, 0.25) is 5.91 Å². The molecule has 7 heteroatoms. The average molecular weight is 261 g/mol. The third-order valence-electron chi connectivity index (χ3n) is 2.19. The lowest BCUT2D eigenvalue weighted by Gasteiger charge is -2.09. The molecule has 0 aliphatic carbocycles. The number of hydrogen-bond acceptors (Lipinski definition) is 2. The molecule has 1 aromatic rings. The minimum atomic E-state index is -1.35. The molecule has 0 saturated heterocycles. The molecule has 1 atom stereocenters. The SMILES string of the molecule is C[C@H](NC(=O)Cc1cc(F)c(F)cc1F)C(=O)O. The molecule has 0 unspecified atom stereocenters. The summed E-state index contributed by atoms with van der Waals surface area (Å²) in [7, 11) is 0. The standard InChI is InChI=1S/C11H10F3NO3/c1-5(11(17)18)15-10(16)3-6-2-8(13)9(14)4-7(6)12/h2,4-5H,3H2,1H3,(H,15,16)(H,17,18)/t5-/m0/s1. The van der Waals surface area contributed by atoms with E-state index < -0.39 is 41.8 Å². The second-order valence-corrected chi connectivity index (χ2v) is 3.66. The first-order valence-electron chi connectivity index (χ1n) is 4.97. The van der Waals surface area contributed by atoms with Crippen molar-refractivity contribution in [3.63, 3.8) is 0 Å². The molecule has 4 nitrogen and oxygen atoms in total. The lowest BCUT2D eigenvalue weighted by atomic mass is 10.1. The van der Waals surface area contributed by atoms with Gasteiger partial charge in [-0.05, 0) is 13.0 Å². The summed E-state index contributed by atoms with van der Waals surface area (Å²) in [4.78, 5) is 21.8. The van der Waals surface area contributed by atoms with Gasteiger partial charge in [-0.2, -0.15) is 0 Å². The maximum Gasteiger partial charge on any atom is 0.325 e. The third-order valence-corrected chi connectivity index (χ3v) is 2.19. The first-order chi connectivity index (χ1) is 8.31. The van der Waals surface area contributed by atoms with Crippen molar-refractivity contribution in [1.82, 2.24) is 5.32 Å². The number of benzene rings is 1. The van der Waals surface area contributed by atoms with E-state index in [2.05, 4.69) is 5.32 Å². The molecule has 0 spiro atoms. The third kappa shape index (κ3) is 3.47. The number of rotatable bonds is 4. The Morgan fingerprint density at radius 3 is 2.33 bits per heavy atom. The van der Waals surface area contributed by atoms with E-state index >= 15 is 0 Å². The van der Waals surface area contributed by atoms with Crippen LogP contribution in [0, 0.1) is 17.5 Å². The Labute approximate surface area is 100 Å². The van der Waals surface area contributed by atoms with Gasteiger partial charge in [0.25, 0.3) is 0 Å². The summed E-state index contributed by atoms with van der Waals surface area (Å²) in [6.45, 7) is 1.22. The number of carbonyl (C=O) groups excluding carboxylic acids is 1. The van der Waals surface area contributed by atoms with E-state index in [4.69, 9.17) is 5.11 Å². The molecule has 0 bridgehead atoms. The van der Waals surface area contributed by atoms with Gasteiger partial charge in [0.15, 0.2) is 11.6 Å². The van der Waals surface area contributed by atoms with Crippen LogP contribution in [-0.4, -0.2) is 23.0 Å². The lowest BCUT2D eigenvalue weighted by molar-refractivity contribution is -0.141. The van der Waals surface area contributed by atoms with Crippen molar-refractivity contribution in [1.29, 1.82) is 0 Å². The monoisotopic (exact) mass is 261 g/mol. The number of aliphatic carboxylic acids is 1. The number of nitrogens with one attached hydrogen (secondary N) is 1. The quantitative estimate of drug-likeness (QED) is 0.801. The van der Waals surface area contributed by atoms with E-state index in [9.17, 15) is 22.8 Å². The zero-order chi connectivity index (χ0) is 13.9. The maximum absolute atomic E-state index is 13.2. The Hall–Kier alpha value is -2.05. The van der Waals surface area contributed by atoms with Gasteiger partial charge in [-0.15, -0.1) is 0 Å². The van der Waals surface area contributed by atoms with E-state index in [-0.39, 0.29) is 5.56 Å². The van der Waals surface area contributed by atoms with Crippen LogP contribution < -0.4 is 5.32 Å². The summed E-state index contributed by atoms with van der Waals surface area (Å²) in [5, 5.41) is 10.6. The molecule has 18 heavy (non-hydrogen) atoms. The Balaban J connectivity index is 2.76. The summed E-state index contributed by atoms with van der Waals surface area (Å²) in [6.07, 6.45) is -0.569. The van der Waals surface area contributed by atoms with Crippen LogP contribution in [0.2, 0.25) is 0 Å². The van der Waals surface area contributed by atoms with Crippen molar-refractivity contribution < 1.29 is 27.9 Å². The second-order valence-electron chi connectivity index (χ2n) is 3.66. The fourth-order valence-electron chi connectivity index (χ4n) is 1.23. The highest BCUT2D eigenvalue weighted by molar-refractivity contribution is 5.84. The zero-order valence-electron chi connectivity index (χ0n) is 9.34. The van der Waals surface area contributed by atoms with Gasteiger partial charge >= 0.3 is 5.97 Å². The van der Waals surface area contributed by atoms with Gasteiger partial charge in [-0.1, -0.05) is 0 Å².